The van der Waals surface area contributed by atoms with Crippen molar-refractivity contribution in [2.75, 3.05) is 20.3 Å². The van der Waals surface area contributed by atoms with Crippen molar-refractivity contribution in [2.24, 2.45) is 11.1 Å². The summed E-state index contributed by atoms with van der Waals surface area (Å²) in [6.45, 7) is 4.18. The predicted octanol–water partition coefficient (Wildman–Crippen LogP) is 0.634. The highest BCUT2D eigenvalue weighted by molar-refractivity contribution is 4.90. The zero-order chi connectivity index (χ0) is 6.91. The molecule has 54 valence electrons. The molecule has 0 radical (unpaired) electrons. The molecule has 1 fully saturated rings. The van der Waals surface area contributed by atoms with E-state index >= 15 is 0 Å². The molecule has 0 aliphatic heterocycles. The average Bonchev–Trinajstić information content (AvgIpc) is 2.48. The quantitative estimate of drug-likeness (QED) is 0.565. The SMILES string of the molecule is CN(CN)CC1(C)CC1. The van der Waals surface area contributed by atoms with Crippen LogP contribution in [-0.4, -0.2) is 25.2 Å². The van der Waals surface area contributed by atoms with E-state index in [4.69, 9.17) is 5.73 Å². The van der Waals surface area contributed by atoms with E-state index < -0.39 is 0 Å². The van der Waals surface area contributed by atoms with Crippen LogP contribution in [0.1, 0.15) is 19.8 Å². The van der Waals surface area contributed by atoms with Gasteiger partial charge < -0.3 is 5.73 Å². The Morgan fingerprint density at radius 3 is 2.44 bits per heavy atom. The third-order valence-electron chi connectivity index (χ3n) is 2.07. The molecule has 2 heteroatoms. The lowest BCUT2D eigenvalue weighted by Gasteiger charge is -2.17. The third-order valence-corrected chi connectivity index (χ3v) is 2.07. The smallest absolute Gasteiger partial charge is 0.0452 e. The van der Waals surface area contributed by atoms with Gasteiger partial charge in [0.15, 0.2) is 0 Å². The molecule has 9 heavy (non-hydrogen) atoms. The molecule has 0 atom stereocenters. The van der Waals surface area contributed by atoms with Gasteiger partial charge in [-0.15, -0.1) is 0 Å². The molecule has 0 unspecified atom stereocenters. The van der Waals surface area contributed by atoms with Crippen molar-refractivity contribution in [1.29, 1.82) is 0 Å². The molecule has 2 N–H and O–H groups in total. The second kappa shape index (κ2) is 2.27. The number of rotatable bonds is 3. The molecule has 0 bridgehead atoms. The Bertz CT molecular complexity index is 97.1. The minimum atomic E-state index is 0.619. The Kier molecular flexibility index (Phi) is 1.78. The van der Waals surface area contributed by atoms with Gasteiger partial charge in [0.25, 0.3) is 0 Å². The molecular formula is C7H16N2. The second-order valence-corrected chi connectivity index (χ2v) is 3.51. The van der Waals surface area contributed by atoms with Crippen molar-refractivity contribution in [2.45, 2.75) is 19.8 Å². The van der Waals surface area contributed by atoms with Gasteiger partial charge in [-0.1, -0.05) is 6.92 Å². The predicted molar refractivity (Wildman–Crippen MR) is 39.0 cm³/mol. The fourth-order valence-corrected chi connectivity index (χ4v) is 1.09. The van der Waals surface area contributed by atoms with Gasteiger partial charge >= 0.3 is 0 Å². The molecular weight excluding hydrogens is 112 g/mol. The van der Waals surface area contributed by atoms with Crippen LogP contribution in [0.25, 0.3) is 0 Å². The Labute approximate surface area is 57.0 Å². The standard InChI is InChI=1S/C7H16N2/c1-7(3-4-7)5-9(2)6-8/h3-6,8H2,1-2H3. The Morgan fingerprint density at radius 1 is 1.56 bits per heavy atom. The van der Waals surface area contributed by atoms with Crippen LogP contribution in [0.15, 0.2) is 0 Å². The van der Waals surface area contributed by atoms with Gasteiger partial charge in [0.1, 0.15) is 0 Å². The molecule has 0 aromatic heterocycles. The van der Waals surface area contributed by atoms with Crippen molar-refractivity contribution in [1.82, 2.24) is 4.90 Å². The van der Waals surface area contributed by atoms with E-state index in [-0.39, 0.29) is 0 Å². The Hall–Kier alpha value is -0.0800. The summed E-state index contributed by atoms with van der Waals surface area (Å²) in [5.41, 5.74) is 6.05. The van der Waals surface area contributed by atoms with E-state index in [1.807, 2.05) is 0 Å². The summed E-state index contributed by atoms with van der Waals surface area (Å²) in [7, 11) is 2.07. The molecule has 0 aromatic rings. The Balaban J connectivity index is 2.17. The van der Waals surface area contributed by atoms with Crippen LogP contribution in [0.3, 0.4) is 0 Å². The molecule has 2 nitrogen and oxygen atoms in total. The first kappa shape index (κ1) is 7.03. The van der Waals surface area contributed by atoms with Crippen LogP contribution in [0.2, 0.25) is 0 Å². The maximum atomic E-state index is 5.43. The van der Waals surface area contributed by atoms with Gasteiger partial charge in [-0.2, -0.15) is 0 Å². The highest BCUT2D eigenvalue weighted by Crippen LogP contribution is 2.45. The zero-order valence-electron chi connectivity index (χ0n) is 6.35. The highest BCUT2D eigenvalue weighted by Gasteiger charge is 2.37. The lowest BCUT2D eigenvalue weighted by atomic mass is 10.1. The fraction of sp³-hybridized carbons (Fsp3) is 1.00. The summed E-state index contributed by atoms with van der Waals surface area (Å²) >= 11 is 0. The van der Waals surface area contributed by atoms with Crippen molar-refractivity contribution in [3.63, 3.8) is 0 Å². The first-order chi connectivity index (χ1) is 4.16. The molecule has 1 saturated carbocycles. The summed E-state index contributed by atoms with van der Waals surface area (Å²) in [5.74, 6) is 0. The molecule has 0 amide bonds. The first-order valence-electron chi connectivity index (χ1n) is 3.55. The van der Waals surface area contributed by atoms with E-state index in [0.717, 1.165) is 0 Å². The van der Waals surface area contributed by atoms with Crippen LogP contribution in [-0.2, 0) is 0 Å². The van der Waals surface area contributed by atoms with Gasteiger partial charge in [-0.25, -0.2) is 0 Å². The summed E-state index contributed by atoms with van der Waals surface area (Å²) < 4.78 is 0. The van der Waals surface area contributed by atoms with Crippen molar-refractivity contribution >= 4 is 0 Å². The van der Waals surface area contributed by atoms with Crippen LogP contribution in [0.4, 0.5) is 0 Å². The van der Waals surface area contributed by atoms with E-state index in [0.29, 0.717) is 12.1 Å². The lowest BCUT2D eigenvalue weighted by Crippen LogP contribution is -2.30. The van der Waals surface area contributed by atoms with E-state index in [1.54, 1.807) is 0 Å². The fourth-order valence-electron chi connectivity index (χ4n) is 1.09. The number of hydrogen-bond acceptors (Lipinski definition) is 2. The first-order valence-corrected chi connectivity index (χ1v) is 3.55. The Morgan fingerprint density at radius 2 is 2.11 bits per heavy atom. The monoisotopic (exact) mass is 128 g/mol. The topological polar surface area (TPSA) is 29.3 Å². The summed E-state index contributed by atoms with van der Waals surface area (Å²) in [6, 6.07) is 0. The van der Waals surface area contributed by atoms with Gasteiger partial charge in [0.2, 0.25) is 0 Å². The molecule has 0 saturated heterocycles. The largest absolute Gasteiger partial charge is 0.318 e. The highest BCUT2D eigenvalue weighted by atomic mass is 15.2. The molecule has 1 aliphatic carbocycles. The van der Waals surface area contributed by atoms with Gasteiger partial charge in [-0.05, 0) is 25.3 Å². The number of nitrogens with two attached hydrogens (primary N) is 1. The van der Waals surface area contributed by atoms with Crippen LogP contribution >= 0.6 is 0 Å². The van der Waals surface area contributed by atoms with E-state index in [9.17, 15) is 0 Å². The van der Waals surface area contributed by atoms with Crippen molar-refractivity contribution in [3.05, 3.63) is 0 Å². The number of hydrogen-bond donors (Lipinski definition) is 1. The maximum Gasteiger partial charge on any atom is 0.0452 e. The number of nitrogens with zero attached hydrogens (tertiary/aromatic N) is 1. The minimum Gasteiger partial charge on any atom is -0.318 e. The van der Waals surface area contributed by atoms with Crippen molar-refractivity contribution < 1.29 is 0 Å². The third kappa shape index (κ3) is 1.95. The summed E-state index contributed by atoms with van der Waals surface area (Å²) in [4.78, 5) is 2.17. The zero-order valence-corrected chi connectivity index (χ0v) is 6.35. The maximum absolute atomic E-state index is 5.43. The molecule has 1 aliphatic rings. The normalized spacial score (nSPS) is 22.7. The molecule has 0 aromatic carbocycles. The van der Waals surface area contributed by atoms with Crippen molar-refractivity contribution in [3.8, 4) is 0 Å². The molecule has 0 spiro atoms. The lowest BCUT2D eigenvalue weighted by molar-refractivity contribution is 0.282. The van der Waals surface area contributed by atoms with E-state index in [2.05, 4.69) is 18.9 Å². The summed E-state index contributed by atoms with van der Waals surface area (Å²) in [5, 5.41) is 0. The van der Waals surface area contributed by atoms with Crippen LogP contribution in [0.5, 0.6) is 0 Å². The second-order valence-electron chi connectivity index (χ2n) is 3.51. The van der Waals surface area contributed by atoms with E-state index in [1.165, 1.54) is 19.4 Å². The average molecular weight is 128 g/mol. The van der Waals surface area contributed by atoms with Gasteiger partial charge in [-0.3, -0.25) is 4.90 Å². The summed E-state index contributed by atoms with van der Waals surface area (Å²) in [6.07, 6.45) is 2.77. The van der Waals surface area contributed by atoms with Gasteiger partial charge in [0.05, 0.1) is 0 Å². The van der Waals surface area contributed by atoms with Crippen LogP contribution in [0, 0.1) is 5.41 Å². The molecule has 0 heterocycles. The van der Waals surface area contributed by atoms with Crippen LogP contribution < -0.4 is 5.73 Å². The molecule has 1 rings (SSSR count). The minimum absolute atomic E-state index is 0.619. The van der Waals surface area contributed by atoms with Gasteiger partial charge in [0, 0.05) is 13.2 Å².